The van der Waals surface area contributed by atoms with Gasteiger partial charge in [-0.2, -0.15) is 0 Å². The van der Waals surface area contributed by atoms with Gasteiger partial charge in [-0.15, -0.1) is 11.8 Å². The summed E-state index contributed by atoms with van der Waals surface area (Å²) in [6.07, 6.45) is 0.230. The van der Waals surface area contributed by atoms with Crippen LogP contribution in [-0.2, 0) is 0 Å². The van der Waals surface area contributed by atoms with Gasteiger partial charge in [0.05, 0.1) is 6.10 Å². The maximum absolute atomic E-state index is 5.51. The molecule has 0 aliphatic carbocycles. The average Bonchev–Trinajstić information content (AvgIpc) is 2.08. The van der Waals surface area contributed by atoms with E-state index in [2.05, 4.69) is 0 Å². The Hall–Kier alpha value is -0.670. The van der Waals surface area contributed by atoms with Crippen molar-refractivity contribution in [3.63, 3.8) is 0 Å². The van der Waals surface area contributed by atoms with E-state index in [1.807, 2.05) is 38.1 Å². The number of benzene rings is 1. The lowest BCUT2D eigenvalue weighted by atomic mass is 10.3. The van der Waals surface area contributed by atoms with E-state index in [4.69, 9.17) is 10.5 Å². The molecular formula is C10H15NOS. The van der Waals surface area contributed by atoms with Crippen molar-refractivity contribution in [2.45, 2.75) is 24.8 Å². The Labute approximate surface area is 83.5 Å². The van der Waals surface area contributed by atoms with Gasteiger partial charge in [0, 0.05) is 10.8 Å². The molecule has 0 radical (unpaired) electrons. The van der Waals surface area contributed by atoms with E-state index >= 15 is 0 Å². The molecule has 0 saturated carbocycles. The van der Waals surface area contributed by atoms with Crippen molar-refractivity contribution < 1.29 is 4.74 Å². The van der Waals surface area contributed by atoms with Gasteiger partial charge in [-0.1, -0.05) is 0 Å². The highest BCUT2D eigenvalue weighted by Gasteiger charge is 1.97. The number of ether oxygens (including phenoxy) is 1. The van der Waals surface area contributed by atoms with Crippen molar-refractivity contribution >= 4 is 11.8 Å². The van der Waals surface area contributed by atoms with Gasteiger partial charge in [0.15, 0.2) is 0 Å². The van der Waals surface area contributed by atoms with Crippen molar-refractivity contribution in [3.8, 4) is 5.75 Å². The fraction of sp³-hybridized carbons (Fsp3) is 0.400. The molecule has 0 heterocycles. The molecule has 0 saturated heterocycles. The smallest absolute Gasteiger partial charge is 0.119 e. The van der Waals surface area contributed by atoms with E-state index in [1.54, 1.807) is 11.8 Å². The number of hydrogen-bond donors (Lipinski definition) is 1. The third-order valence-electron chi connectivity index (χ3n) is 1.45. The lowest BCUT2D eigenvalue weighted by molar-refractivity contribution is 0.242. The zero-order valence-corrected chi connectivity index (χ0v) is 8.80. The van der Waals surface area contributed by atoms with Crippen LogP contribution in [0, 0.1) is 0 Å². The summed E-state index contributed by atoms with van der Waals surface area (Å²) in [6.45, 7) is 4.03. The summed E-state index contributed by atoms with van der Waals surface area (Å²) in [5, 5.41) is 0. The predicted octanol–water partition coefficient (Wildman–Crippen LogP) is 2.48. The van der Waals surface area contributed by atoms with Gasteiger partial charge in [-0.3, -0.25) is 0 Å². The SMILES string of the molecule is CC(C)Oc1ccc(SCN)cc1. The first-order valence-corrected chi connectivity index (χ1v) is 5.30. The van der Waals surface area contributed by atoms with Crippen LogP contribution in [0.4, 0.5) is 0 Å². The van der Waals surface area contributed by atoms with Gasteiger partial charge >= 0.3 is 0 Å². The molecule has 0 bridgehead atoms. The molecule has 0 atom stereocenters. The molecule has 0 aliphatic rings. The Morgan fingerprint density at radius 1 is 1.31 bits per heavy atom. The molecule has 0 spiro atoms. The molecule has 1 rings (SSSR count). The molecule has 1 aromatic carbocycles. The van der Waals surface area contributed by atoms with Gasteiger partial charge in [0.25, 0.3) is 0 Å². The Balaban J connectivity index is 2.59. The molecule has 2 N–H and O–H groups in total. The highest BCUT2D eigenvalue weighted by Crippen LogP contribution is 2.20. The van der Waals surface area contributed by atoms with Crippen LogP contribution in [-0.4, -0.2) is 12.0 Å². The van der Waals surface area contributed by atoms with Gasteiger partial charge in [-0.25, -0.2) is 0 Å². The Morgan fingerprint density at radius 2 is 1.92 bits per heavy atom. The Kier molecular flexibility index (Phi) is 4.12. The quantitative estimate of drug-likeness (QED) is 0.595. The van der Waals surface area contributed by atoms with Gasteiger partial charge in [-0.05, 0) is 38.1 Å². The number of thioether (sulfide) groups is 1. The number of hydrogen-bond acceptors (Lipinski definition) is 3. The second-order valence-corrected chi connectivity index (χ2v) is 4.04. The Bertz CT molecular complexity index is 246. The van der Waals surface area contributed by atoms with Crippen LogP contribution < -0.4 is 10.5 Å². The summed E-state index contributed by atoms with van der Waals surface area (Å²) in [7, 11) is 0. The minimum Gasteiger partial charge on any atom is -0.491 e. The normalized spacial score (nSPS) is 10.5. The van der Waals surface area contributed by atoms with E-state index in [9.17, 15) is 0 Å². The highest BCUT2D eigenvalue weighted by atomic mass is 32.2. The lowest BCUT2D eigenvalue weighted by Gasteiger charge is -2.09. The largest absolute Gasteiger partial charge is 0.491 e. The first-order valence-electron chi connectivity index (χ1n) is 4.32. The van der Waals surface area contributed by atoms with E-state index in [0.29, 0.717) is 5.88 Å². The molecule has 2 nitrogen and oxygen atoms in total. The summed E-state index contributed by atoms with van der Waals surface area (Å²) in [4.78, 5) is 1.18. The molecule has 0 unspecified atom stereocenters. The van der Waals surface area contributed by atoms with Crippen LogP contribution in [0.1, 0.15) is 13.8 Å². The third kappa shape index (κ3) is 3.70. The van der Waals surface area contributed by atoms with Crippen molar-refractivity contribution in [3.05, 3.63) is 24.3 Å². The van der Waals surface area contributed by atoms with Crippen LogP contribution in [0.3, 0.4) is 0 Å². The van der Waals surface area contributed by atoms with Crippen LogP contribution in [0.25, 0.3) is 0 Å². The topological polar surface area (TPSA) is 35.2 Å². The van der Waals surface area contributed by atoms with Crippen LogP contribution in [0.15, 0.2) is 29.2 Å². The van der Waals surface area contributed by atoms with Gasteiger partial charge in [0.2, 0.25) is 0 Å². The maximum atomic E-state index is 5.51. The third-order valence-corrected chi connectivity index (χ3v) is 2.22. The zero-order valence-electron chi connectivity index (χ0n) is 7.99. The molecule has 3 heteroatoms. The van der Waals surface area contributed by atoms with Crippen molar-refractivity contribution in [1.29, 1.82) is 0 Å². The standard InChI is InChI=1S/C10H15NOS/c1-8(2)12-9-3-5-10(6-4-9)13-7-11/h3-6,8H,7,11H2,1-2H3. The average molecular weight is 197 g/mol. The molecule has 72 valence electrons. The first-order chi connectivity index (χ1) is 6.22. The van der Waals surface area contributed by atoms with Gasteiger partial charge in [0.1, 0.15) is 5.75 Å². The predicted molar refractivity (Wildman–Crippen MR) is 57.1 cm³/mol. The van der Waals surface area contributed by atoms with Crippen molar-refractivity contribution in [2.24, 2.45) is 5.73 Å². The lowest BCUT2D eigenvalue weighted by Crippen LogP contribution is -2.05. The molecule has 13 heavy (non-hydrogen) atoms. The molecule has 0 amide bonds. The monoisotopic (exact) mass is 197 g/mol. The number of nitrogens with two attached hydrogens (primary N) is 1. The molecule has 0 aromatic heterocycles. The Morgan fingerprint density at radius 3 is 2.38 bits per heavy atom. The maximum Gasteiger partial charge on any atom is 0.119 e. The van der Waals surface area contributed by atoms with E-state index in [0.717, 1.165) is 5.75 Å². The van der Waals surface area contributed by atoms with E-state index in [-0.39, 0.29) is 6.10 Å². The second kappa shape index (κ2) is 5.14. The minimum absolute atomic E-state index is 0.230. The van der Waals surface area contributed by atoms with Crippen LogP contribution in [0.2, 0.25) is 0 Å². The summed E-state index contributed by atoms with van der Waals surface area (Å²) in [6, 6.07) is 7.99. The second-order valence-electron chi connectivity index (χ2n) is 2.95. The van der Waals surface area contributed by atoms with Gasteiger partial charge < -0.3 is 10.5 Å². The molecule has 1 aromatic rings. The van der Waals surface area contributed by atoms with Crippen LogP contribution in [0.5, 0.6) is 5.75 Å². The zero-order chi connectivity index (χ0) is 9.68. The summed E-state index contributed by atoms with van der Waals surface area (Å²) in [5.74, 6) is 1.53. The molecule has 0 fully saturated rings. The fourth-order valence-electron chi connectivity index (χ4n) is 0.983. The van der Waals surface area contributed by atoms with Crippen LogP contribution >= 0.6 is 11.8 Å². The molecule has 0 aliphatic heterocycles. The summed E-state index contributed by atoms with van der Waals surface area (Å²) < 4.78 is 5.51. The van der Waals surface area contributed by atoms with E-state index in [1.165, 1.54) is 4.90 Å². The summed E-state index contributed by atoms with van der Waals surface area (Å²) in [5.41, 5.74) is 5.41. The summed E-state index contributed by atoms with van der Waals surface area (Å²) >= 11 is 1.63. The fourth-order valence-corrected chi connectivity index (χ4v) is 1.50. The van der Waals surface area contributed by atoms with E-state index < -0.39 is 0 Å². The first kappa shape index (κ1) is 10.4. The van der Waals surface area contributed by atoms with Crippen molar-refractivity contribution in [2.75, 3.05) is 5.88 Å². The van der Waals surface area contributed by atoms with Crippen molar-refractivity contribution in [1.82, 2.24) is 0 Å². The minimum atomic E-state index is 0.230. The highest BCUT2D eigenvalue weighted by molar-refractivity contribution is 7.99. The molecular weight excluding hydrogens is 182 g/mol. The number of rotatable bonds is 4.